The first kappa shape index (κ1) is 17.7. The van der Waals surface area contributed by atoms with Gasteiger partial charge in [-0.15, -0.1) is 0 Å². The zero-order valence-electron chi connectivity index (χ0n) is 16.4. The summed E-state index contributed by atoms with van der Waals surface area (Å²) >= 11 is 0. The smallest absolute Gasteiger partial charge is 0.224 e. The fourth-order valence-electron chi connectivity index (χ4n) is 5.54. The molecule has 28 heavy (non-hydrogen) atoms. The van der Waals surface area contributed by atoms with Gasteiger partial charge in [0.1, 0.15) is 0 Å². The largest absolute Gasteiger partial charge is 0.369 e. The summed E-state index contributed by atoms with van der Waals surface area (Å²) in [7, 11) is 0. The summed E-state index contributed by atoms with van der Waals surface area (Å²) in [4.78, 5) is 18.0. The molecule has 2 aromatic carbocycles. The Kier molecular flexibility index (Phi) is 4.81. The summed E-state index contributed by atoms with van der Waals surface area (Å²) in [5.74, 6) is 0.376. The van der Waals surface area contributed by atoms with E-state index in [1.165, 1.54) is 23.2 Å². The van der Waals surface area contributed by atoms with Gasteiger partial charge in [0, 0.05) is 37.4 Å². The van der Waals surface area contributed by atoms with Gasteiger partial charge >= 0.3 is 0 Å². The molecule has 5 rings (SSSR count). The van der Waals surface area contributed by atoms with Gasteiger partial charge in [0.05, 0.1) is 5.92 Å². The highest BCUT2D eigenvalue weighted by Gasteiger charge is 2.46. The van der Waals surface area contributed by atoms with Gasteiger partial charge in [0.2, 0.25) is 5.91 Å². The first-order chi connectivity index (χ1) is 13.8. The van der Waals surface area contributed by atoms with E-state index in [1.807, 2.05) is 0 Å². The standard InChI is InChI=1S/C24H29N3O/c28-24(25-13-16-26-15-12-19-9-4-5-10-21(19)26)20-17-23(18-7-2-1-3-8-18)27-14-6-11-22(20)27/h1-5,7-10,20,22-23H,6,11-17H2,(H,25,28)/t20-,22+,23-/m1/s1. The average Bonchev–Trinajstić information content (AvgIpc) is 3.44. The molecule has 3 atom stereocenters. The molecule has 2 fully saturated rings. The molecule has 3 aliphatic heterocycles. The van der Waals surface area contributed by atoms with Crippen molar-refractivity contribution in [3.63, 3.8) is 0 Å². The van der Waals surface area contributed by atoms with E-state index in [0.29, 0.717) is 12.1 Å². The second kappa shape index (κ2) is 7.59. The first-order valence-electron chi connectivity index (χ1n) is 10.7. The van der Waals surface area contributed by atoms with Crippen LogP contribution in [0.1, 0.15) is 36.4 Å². The Balaban J connectivity index is 1.20. The van der Waals surface area contributed by atoms with Crippen LogP contribution in [0, 0.1) is 5.92 Å². The van der Waals surface area contributed by atoms with Crippen LogP contribution in [-0.4, -0.2) is 43.0 Å². The summed E-state index contributed by atoms with van der Waals surface area (Å²) in [5.41, 5.74) is 4.12. The number of para-hydroxylation sites is 1. The van der Waals surface area contributed by atoms with Crippen LogP contribution in [0.2, 0.25) is 0 Å². The minimum absolute atomic E-state index is 0.124. The SMILES string of the molecule is O=C(NCCN1CCc2ccccc21)[C@@H]1C[C@H](c2ccccc2)N2CCC[C@@H]12. The van der Waals surface area contributed by atoms with Gasteiger partial charge < -0.3 is 10.2 Å². The quantitative estimate of drug-likeness (QED) is 0.870. The van der Waals surface area contributed by atoms with Crippen molar-refractivity contribution in [2.24, 2.45) is 5.92 Å². The average molecular weight is 376 g/mol. The number of amides is 1. The second-order valence-electron chi connectivity index (χ2n) is 8.37. The Morgan fingerprint density at radius 1 is 1.04 bits per heavy atom. The van der Waals surface area contributed by atoms with E-state index in [-0.39, 0.29) is 11.8 Å². The number of hydrogen-bond acceptors (Lipinski definition) is 3. The highest BCUT2D eigenvalue weighted by molar-refractivity contribution is 5.80. The molecule has 2 saturated heterocycles. The molecule has 0 saturated carbocycles. The Bertz CT molecular complexity index is 837. The fourth-order valence-corrected chi connectivity index (χ4v) is 5.54. The van der Waals surface area contributed by atoms with Crippen molar-refractivity contribution < 1.29 is 4.79 Å². The Morgan fingerprint density at radius 3 is 2.75 bits per heavy atom. The number of nitrogens with zero attached hydrogens (tertiary/aromatic N) is 2. The van der Waals surface area contributed by atoms with Gasteiger partial charge in [0.15, 0.2) is 0 Å². The van der Waals surface area contributed by atoms with E-state index >= 15 is 0 Å². The molecule has 0 aromatic heterocycles. The van der Waals surface area contributed by atoms with Crippen LogP contribution in [0.4, 0.5) is 5.69 Å². The lowest BCUT2D eigenvalue weighted by Gasteiger charge is -2.24. The maximum atomic E-state index is 13.0. The van der Waals surface area contributed by atoms with Crippen molar-refractivity contribution >= 4 is 11.6 Å². The van der Waals surface area contributed by atoms with Crippen LogP contribution in [0.15, 0.2) is 54.6 Å². The highest BCUT2D eigenvalue weighted by atomic mass is 16.2. The molecule has 4 heteroatoms. The number of benzene rings is 2. The number of hydrogen-bond donors (Lipinski definition) is 1. The monoisotopic (exact) mass is 375 g/mol. The molecular weight excluding hydrogens is 346 g/mol. The third-order valence-electron chi connectivity index (χ3n) is 6.87. The number of carbonyl (C=O) groups is 1. The van der Waals surface area contributed by atoms with Crippen molar-refractivity contribution in [3.8, 4) is 0 Å². The zero-order chi connectivity index (χ0) is 18.9. The maximum absolute atomic E-state index is 13.0. The first-order valence-corrected chi connectivity index (χ1v) is 10.7. The van der Waals surface area contributed by atoms with Gasteiger partial charge in [-0.25, -0.2) is 0 Å². The van der Waals surface area contributed by atoms with Gasteiger partial charge in [-0.05, 0) is 49.4 Å². The van der Waals surface area contributed by atoms with Gasteiger partial charge in [0.25, 0.3) is 0 Å². The molecule has 0 radical (unpaired) electrons. The van der Waals surface area contributed by atoms with Crippen LogP contribution in [-0.2, 0) is 11.2 Å². The van der Waals surface area contributed by atoms with E-state index in [0.717, 1.165) is 45.4 Å². The Morgan fingerprint density at radius 2 is 1.86 bits per heavy atom. The van der Waals surface area contributed by atoms with Gasteiger partial charge in [-0.3, -0.25) is 9.69 Å². The lowest BCUT2D eigenvalue weighted by molar-refractivity contribution is -0.125. The summed E-state index contributed by atoms with van der Waals surface area (Å²) in [6.45, 7) is 3.81. The maximum Gasteiger partial charge on any atom is 0.224 e. The van der Waals surface area contributed by atoms with E-state index in [9.17, 15) is 4.79 Å². The molecule has 3 aliphatic rings. The molecule has 1 N–H and O–H groups in total. The molecule has 0 aliphatic carbocycles. The van der Waals surface area contributed by atoms with Gasteiger partial charge in [-0.1, -0.05) is 48.5 Å². The Hall–Kier alpha value is -2.33. The molecule has 146 valence electrons. The van der Waals surface area contributed by atoms with E-state index in [2.05, 4.69) is 69.7 Å². The van der Waals surface area contributed by atoms with Crippen molar-refractivity contribution in [1.29, 1.82) is 0 Å². The topological polar surface area (TPSA) is 35.6 Å². The van der Waals surface area contributed by atoms with Crippen LogP contribution in [0.25, 0.3) is 0 Å². The van der Waals surface area contributed by atoms with Gasteiger partial charge in [-0.2, -0.15) is 0 Å². The lowest BCUT2D eigenvalue weighted by Crippen LogP contribution is -2.40. The highest BCUT2D eigenvalue weighted by Crippen LogP contribution is 2.44. The number of fused-ring (bicyclic) bond motifs is 2. The van der Waals surface area contributed by atoms with Crippen LogP contribution < -0.4 is 10.2 Å². The Labute approximate surface area is 167 Å². The van der Waals surface area contributed by atoms with Crippen LogP contribution in [0.5, 0.6) is 0 Å². The van der Waals surface area contributed by atoms with Crippen molar-refractivity contribution in [2.45, 2.75) is 37.8 Å². The summed E-state index contributed by atoms with van der Waals surface area (Å²) in [6.07, 6.45) is 4.43. The summed E-state index contributed by atoms with van der Waals surface area (Å²) in [6, 6.07) is 20.2. The number of carbonyl (C=O) groups excluding carboxylic acids is 1. The number of nitrogens with one attached hydrogen (secondary N) is 1. The molecule has 0 unspecified atom stereocenters. The minimum atomic E-state index is 0.124. The number of rotatable bonds is 5. The molecule has 0 bridgehead atoms. The van der Waals surface area contributed by atoms with Crippen molar-refractivity contribution in [3.05, 3.63) is 65.7 Å². The molecule has 4 nitrogen and oxygen atoms in total. The zero-order valence-corrected chi connectivity index (χ0v) is 16.4. The lowest BCUT2D eigenvalue weighted by atomic mass is 9.93. The van der Waals surface area contributed by atoms with Crippen LogP contribution >= 0.6 is 0 Å². The molecule has 1 amide bonds. The van der Waals surface area contributed by atoms with Crippen LogP contribution in [0.3, 0.4) is 0 Å². The van der Waals surface area contributed by atoms with Crippen molar-refractivity contribution in [2.75, 3.05) is 31.1 Å². The fraction of sp³-hybridized carbons (Fsp3) is 0.458. The summed E-state index contributed by atoms with van der Waals surface area (Å²) < 4.78 is 0. The molecule has 3 heterocycles. The van der Waals surface area contributed by atoms with E-state index in [4.69, 9.17) is 0 Å². The second-order valence-corrected chi connectivity index (χ2v) is 8.37. The molecule has 0 spiro atoms. The van der Waals surface area contributed by atoms with Crippen molar-refractivity contribution in [1.82, 2.24) is 10.2 Å². The number of anilines is 1. The molecular formula is C24H29N3O. The third kappa shape index (κ3) is 3.20. The third-order valence-corrected chi connectivity index (χ3v) is 6.87. The predicted octanol–water partition coefficient (Wildman–Crippen LogP) is 3.39. The van der Waals surface area contributed by atoms with E-state index < -0.39 is 0 Å². The van der Waals surface area contributed by atoms with E-state index in [1.54, 1.807) is 0 Å². The predicted molar refractivity (Wildman–Crippen MR) is 112 cm³/mol. The minimum Gasteiger partial charge on any atom is -0.369 e. The summed E-state index contributed by atoms with van der Waals surface area (Å²) in [5, 5.41) is 3.26. The molecule has 2 aromatic rings. The normalized spacial score (nSPS) is 26.3.